The van der Waals surface area contributed by atoms with Gasteiger partial charge in [-0.1, -0.05) is 6.07 Å². The lowest BCUT2D eigenvalue weighted by atomic mass is 10.1. The van der Waals surface area contributed by atoms with Crippen LogP contribution in [0, 0.1) is 6.92 Å². The predicted molar refractivity (Wildman–Crippen MR) is 74.4 cm³/mol. The van der Waals surface area contributed by atoms with Crippen LogP contribution in [-0.4, -0.2) is 32.7 Å². The topological polar surface area (TPSA) is 60.2 Å². The minimum Gasteiger partial charge on any atom is -0.330 e. The molecule has 2 N–H and O–H groups in total. The van der Waals surface area contributed by atoms with Crippen LogP contribution >= 0.6 is 11.8 Å². The monoisotopic (exact) mass is 273 g/mol. The summed E-state index contributed by atoms with van der Waals surface area (Å²) in [6.45, 7) is 2.72. The number of benzene rings is 1. The van der Waals surface area contributed by atoms with Crippen LogP contribution in [0.15, 0.2) is 23.1 Å². The van der Waals surface area contributed by atoms with Crippen LogP contribution in [0.2, 0.25) is 0 Å². The van der Waals surface area contributed by atoms with Crippen molar-refractivity contribution in [3.63, 3.8) is 0 Å². The van der Waals surface area contributed by atoms with E-state index in [1.54, 1.807) is 11.8 Å². The normalized spacial score (nSPS) is 11.7. The minimum absolute atomic E-state index is 0.223. The second-order valence-corrected chi connectivity index (χ2v) is 7.53. The van der Waals surface area contributed by atoms with E-state index >= 15 is 0 Å². The van der Waals surface area contributed by atoms with Crippen LogP contribution < -0.4 is 5.73 Å². The van der Waals surface area contributed by atoms with E-state index in [0.29, 0.717) is 12.3 Å². The fourth-order valence-corrected chi connectivity index (χ4v) is 3.71. The Balaban J connectivity index is 2.58. The number of hydrogen-bond acceptors (Lipinski definition) is 4. The number of hydrogen-bond donors (Lipinski definition) is 1. The van der Waals surface area contributed by atoms with Gasteiger partial charge >= 0.3 is 0 Å². The van der Waals surface area contributed by atoms with Gasteiger partial charge in [0.1, 0.15) is 9.84 Å². The van der Waals surface area contributed by atoms with Crippen molar-refractivity contribution in [1.82, 2.24) is 0 Å². The molecule has 0 saturated carbocycles. The molecule has 0 atom stereocenters. The number of nitrogens with two attached hydrogens (primary N) is 1. The average Bonchev–Trinajstić information content (AvgIpc) is 2.20. The van der Waals surface area contributed by atoms with E-state index in [1.165, 1.54) is 17.4 Å². The van der Waals surface area contributed by atoms with Crippen LogP contribution in [0.4, 0.5) is 0 Å². The van der Waals surface area contributed by atoms with Gasteiger partial charge in [-0.2, -0.15) is 0 Å². The van der Waals surface area contributed by atoms with Crippen molar-refractivity contribution in [2.45, 2.75) is 18.2 Å². The summed E-state index contributed by atoms with van der Waals surface area (Å²) in [7, 11) is -2.86. The molecule has 0 heterocycles. The maximum Gasteiger partial charge on any atom is 0.148 e. The molecule has 0 bridgehead atoms. The molecule has 0 radical (unpaired) electrons. The summed E-state index contributed by atoms with van der Waals surface area (Å²) in [4.78, 5) is 1.12. The Morgan fingerprint density at radius 1 is 1.35 bits per heavy atom. The fraction of sp³-hybridized carbons (Fsp3) is 0.500. The van der Waals surface area contributed by atoms with Crippen molar-refractivity contribution in [3.8, 4) is 0 Å². The standard InChI is InChI=1S/C12H19NO2S2/c1-10-9-12(4-3-11(10)5-6-13)16-7-8-17(2,14)15/h3-4,9H,5-8,13H2,1-2H3. The van der Waals surface area contributed by atoms with E-state index in [4.69, 9.17) is 5.73 Å². The van der Waals surface area contributed by atoms with Gasteiger partial charge in [-0.15, -0.1) is 11.8 Å². The molecule has 96 valence electrons. The number of aryl methyl sites for hydroxylation is 1. The molecular weight excluding hydrogens is 254 g/mol. The molecule has 5 heteroatoms. The Bertz CT molecular complexity index is 469. The largest absolute Gasteiger partial charge is 0.330 e. The Hall–Kier alpha value is -0.520. The first kappa shape index (κ1) is 14.5. The molecule has 0 spiro atoms. The van der Waals surface area contributed by atoms with Crippen molar-refractivity contribution in [3.05, 3.63) is 29.3 Å². The Morgan fingerprint density at radius 3 is 2.59 bits per heavy atom. The zero-order valence-electron chi connectivity index (χ0n) is 10.3. The third-order valence-corrected chi connectivity index (χ3v) is 4.65. The summed E-state index contributed by atoms with van der Waals surface area (Å²) in [6.07, 6.45) is 2.16. The number of rotatable bonds is 6. The van der Waals surface area contributed by atoms with E-state index in [9.17, 15) is 8.42 Å². The maximum absolute atomic E-state index is 11.0. The van der Waals surface area contributed by atoms with Crippen molar-refractivity contribution < 1.29 is 8.42 Å². The lowest BCUT2D eigenvalue weighted by molar-refractivity contribution is 0.603. The quantitative estimate of drug-likeness (QED) is 0.800. The maximum atomic E-state index is 11.0. The molecule has 0 amide bonds. The molecule has 1 rings (SSSR count). The van der Waals surface area contributed by atoms with E-state index < -0.39 is 9.84 Å². The highest BCUT2D eigenvalue weighted by Gasteiger charge is 2.04. The van der Waals surface area contributed by atoms with Crippen LogP contribution in [0.5, 0.6) is 0 Å². The first-order chi connectivity index (χ1) is 7.92. The molecule has 0 aliphatic heterocycles. The highest BCUT2D eigenvalue weighted by Crippen LogP contribution is 2.21. The van der Waals surface area contributed by atoms with Crippen molar-refractivity contribution in [2.75, 3.05) is 24.3 Å². The summed E-state index contributed by atoms with van der Waals surface area (Å²) in [5.74, 6) is 0.829. The van der Waals surface area contributed by atoms with Gasteiger partial charge in [0.15, 0.2) is 0 Å². The Labute approximate surface area is 108 Å². The SMILES string of the molecule is Cc1cc(SCCS(C)(=O)=O)ccc1CCN. The molecule has 17 heavy (non-hydrogen) atoms. The third kappa shape index (κ3) is 5.57. The van der Waals surface area contributed by atoms with Crippen molar-refractivity contribution in [1.29, 1.82) is 0 Å². The van der Waals surface area contributed by atoms with Crippen LogP contribution in [0.1, 0.15) is 11.1 Å². The first-order valence-corrected chi connectivity index (χ1v) is 8.57. The smallest absolute Gasteiger partial charge is 0.148 e. The van der Waals surface area contributed by atoms with Gasteiger partial charge in [-0.05, 0) is 43.1 Å². The second-order valence-electron chi connectivity index (χ2n) is 4.11. The molecule has 0 saturated heterocycles. The van der Waals surface area contributed by atoms with Gasteiger partial charge in [-0.25, -0.2) is 8.42 Å². The molecule has 0 aliphatic carbocycles. The van der Waals surface area contributed by atoms with Crippen molar-refractivity contribution in [2.24, 2.45) is 5.73 Å². The zero-order chi connectivity index (χ0) is 12.9. The van der Waals surface area contributed by atoms with E-state index in [0.717, 1.165) is 11.3 Å². The highest BCUT2D eigenvalue weighted by molar-refractivity contribution is 8.00. The van der Waals surface area contributed by atoms with Crippen LogP contribution in [-0.2, 0) is 16.3 Å². The third-order valence-electron chi connectivity index (χ3n) is 2.45. The van der Waals surface area contributed by atoms with E-state index in [-0.39, 0.29) is 5.75 Å². The molecule has 3 nitrogen and oxygen atoms in total. The Kier molecular flexibility index (Phi) is 5.49. The summed E-state index contributed by atoms with van der Waals surface area (Å²) >= 11 is 1.58. The highest BCUT2D eigenvalue weighted by atomic mass is 32.2. The van der Waals surface area contributed by atoms with Gasteiger partial charge in [0.2, 0.25) is 0 Å². The molecule has 0 aliphatic rings. The summed E-state index contributed by atoms with van der Waals surface area (Å²) < 4.78 is 22.0. The molecule has 1 aromatic rings. The average molecular weight is 273 g/mol. The molecule has 1 aromatic carbocycles. The van der Waals surface area contributed by atoms with Crippen molar-refractivity contribution >= 4 is 21.6 Å². The van der Waals surface area contributed by atoms with E-state index in [2.05, 4.69) is 19.1 Å². The summed E-state index contributed by atoms with van der Waals surface area (Å²) in [6, 6.07) is 6.20. The van der Waals surface area contributed by atoms with Gasteiger partial charge in [0.25, 0.3) is 0 Å². The lowest BCUT2D eigenvalue weighted by Crippen LogP contribution is -2.05. The predicted octanol–water partition coefficient (Wildman–Crippen LogP) is 1.63. The van der Waals surface area contributed by atoms with Gasteiger partial charge in [-0.3, -0.25) is 0 Å². The van der Waals surface area contributed by atoms with E-state index in [1.807, 2.05) is 6.07 Å². The minimum atomic E-state index is -2.86. The molecule has 0 unspecified atom stereocenters. The van der Waals surface area contributed by atoms with Crippen LogP contribution in [0.3, 0.4) is 0 Å². The lowest BCUT2D eigenvalue weighted by Gasteiger charge is -2.07. The molecule has 0 aromatic heterocycles. The fourth-order valence-electron chi connectivity index (χ4n) is 1.51. The zero-order valence-corrected chi connectivity index (χ0v) is 11.9. The summed E-state index contributed by atoms with van der Waals surface area (Å²) in [5.41, 5.74) is 8.01. The molecular formula is C12H19NO2S2. The van der Waals surface area contributed by atoms with Crippen LogP contribution in [0.25, 0.3) is 0 Å². The summed E-state index contributed by atoms with van der Waals surface area (Å²) in [5, 5.41) is 0. The van der Waals surface area contributed by atoms with Gasteiger partial charge in [0.05, 0.1) is 5.75 Å². The van der Waals surface area contributed by atoms with Gasteiger partial charge < -0.3 is 5.73 Å². The first-order valence-electron chi connectivity index (χ1n) is 5.52. The molecule has 0 fully saturated rings. The Morgan fingerprint density at radius 2 is 2.06 bits per heavy atom. The van der Waals surface area contributed by atoms with Gasteiger partial charge in [0, 0.05) is 16.9 Å². The number of thioether (sulfide) groups is 1. The second kappa shape index (κ2) is 6.42. The number of sulfone groups is 1.